The van der Waals surface area contributed by atoms with E-state index in [0.29, 0.717) is 19.4 Å². The predicted octanol–water partition coefficient (Wildman–Crippen LogP) is -0.00580. The van der Waals surface area contributed by atoms with E-state index >= 15 is 0 Å². The molecular formula is C15H27N3O11. The highest BCUT2D eigenvalue weighted by atomic mass is 17.1. The van der Waals surface area contributed by atoms with Crippen molar-refractivity contribution in [1.29, 1.82) is 0 Å². The molecule has 0 bridgehead atoms. The minimum Gasteiger partial charge on any atom is -0.425 e. The van der Waals surface area contributed by atoms with Crippen LogP contribution in [0.4, 0.5) is 0 Å². The van der Waals surface area contributed by atoms with Crippen molar-refractivity contribution in [2.75, 3.05) is 19.8 Å². The quantitative estimate of drug-likeness (QED) is 0.134. The summed E-state index contributed by atoms with van der Waals surface area (Å²) in [6.45, 7) is 1.53. The molecule has 0 radical (unpaired) electrons. The average Bonchev–Trinajstić information content (AvgIpc) is 3.11. The SMILES string of the molecule is CC(OC(=O)CCCON(O)O)OC(=O)C1CCCN1C(=O)CCCON(O)O. The Bertz CT molecular complexity index is 532. The maximum atomic E-state index is 12.3. The van der Waals surface area contributed by atoms with E-state index in [1.165, 1.54) is 11.8 Å². The van der Waals surface area contributed by atoms with Crippen molar-refractivity contribution in [3.05, 3.63) is 0 Å². The second-order valence-electron chi connectivity index (χ2n) is 6.12. The first-order chi connectivity index (χ1) is 13.7. The highest BCUT2D eigenvalue weighted by Crippen LogP contribution is 2.21. The number of likely N-dealkylation sites (tertiary alicyclic amines) is 1. The molecule has 0 aliphatic carbocycles. The highest BCUT2D eigenvalue weighted by molar-refractivity contribution is 5.85. The number of carbonyl (C=O) groups excluding carboxylic acids is 3. The van der Waals surface area contributed by atoms with E-state index in [-0.39, 0.29) is 44.8 Å². The number of ether oxygens (including phenoxy) is 2. The molecule has 1 aliphatic rings. The molecule has 2 unspecified atom stereocenters. The fourth-order valence-electron chi connectivity index (χ4n) is 2.70. The summed E-state index contributed by atoms with van der Waals surface area (Å²) in [6, 6.07) is -0.787. The van der Waals surface area contributed by atoms with Crippen molar-refractivity contribution in [2.24, 2.45) is 0 Å². The number of amides is 1. The fourth-order valence-corrected chi connectivity index (χ4v) is 2.70. The van der Waals surface area contributed by atoms with Crippen molar-refractivity contribution >= 4 is 17.8 Å². The summed E-state index contributed by atoms with van der Waals surface area (Å²) in [5, 5.41) is 32.6. The van der Waals surface area contributed by atoms with E-state index in [2.05, 4.69) is 9.68 Å². The molecule has 14 nitrogen and oxygen atoms in total. The minimum absolute atomic E-state index is 0.0450. The van der Waals surface area contributed by atoms with E-state index in [1.54, 1.807) is 0 Å². The predicted molar refractivity (Wildman–Crippen MR) is 87.6 cm³/mol. The number of hydrogen-bond acceptors (Lipinski definition) is 13. The highest BCUT2D eigenvalue weighted by Gasteiger charge is 2.35. The Labute approximate surface area is 166 Å². The van der Waals surface area contributed by atoms with Crippen molar-refractivity contribution in [1.82, 2.24) is 15.7 Å². The lowest BCUT2D eigenvalue weighted by Crippen LogP contribution is -2.42. The van der Waals surface area contributed by atoms with Crippen LogP contribution < -0.4 is 0 Å². The standard InChI is InChI=1S/C15H27N3O11/c1-11(28-14(20)7-4-10-27-18(24)25)29-15(21)12-5-2-8-16(12)13(19)6-3-9-26-17(22)23/h11-12,22-25H,2-10H2,1H3. The maximum Gasteiger partial charge on any atom is 0.331 e. The van der Waals surface area contributed by atoms with Gasteiger partial charge in [0.2, 0.25) is 12.2 Å². The van der Waals surface area contributed by atoms with Crippen molar-refractivity contribution in [3.63, 3.8) is 0 Å². The van der Waals surface area contributed by atoms with E-state index in [9.17, 15) is 14.4 Å². The summed E-state index contributed by atoms with van der Waals surface area (Å²) in [5.41, 5.74) is 0. The van der Waals surface area contributed by atoms with Crippen LogP contribution in [0.5, 0.6) is 0 Å². The lowest BCUT2D eigenvalue weighted by Gasteiger charge is -2.24. The van der Waals surface area contributed by atoms with Gasteiger partial charge in [0.05, 0.1) is 24.0 Å². The van der Waals surface area contributed by atoms with Crippen LogP contribution in [0.25, 0.3) is 0 Å². The van der Waals surface area contributed by atoms with Gasteiger partial charge < -0.3 is 14.4 Å². The zero-order chi connectivity index (χ0) is 21.8. The van der Waals surface area contributed by atoms with Crippen LogP contribution in [0, 0.1) is 0 Å². The molecule has 29 heavy (non-hydrogen) atoms. The Morgan fingerprint density at radius 2 is 1.59 bits per heavy atom. The molecule has 2 atom stereocenters. The lowest BCUT2D eigenvalue weighted by atomic mass is 10.2. The zero-order valence-electron chi connectivity index (χ0n) is 16.0. The number of hydrogen-bond donors (Lipinski definition) is 4. The van der Waals surface area contributed by atoms with Gasteiger partial charge in [-0.2, -0.15) is 0 Å². The third kappa shape index (κ3) is 10.4. The second-order valence-corrected chi connectivity index (χ2v) is 6.12. The van der Waals surface area contributed by atoms with Gasteiger partial charge in [-0.15, -0.1) is 0 Å². The first-order valence-electron chi connectivity index (χ1n) is 9.01. The van der Waals surface area contributed by atoms with Gasteiger partial charge in [-0.25, -0.2) is 4.79 Å². The van der Waals surface area contributed by atoms with Gasteiger partial charge in [0.15, 0.2) is 0 Å². The summed E-state index contributed by atoms with van der Waals surface area (Å²) in [4.78, 5) is 46.2. The monoisotopic (exact) mass is 425 g/mol. The summed E-state index contributed by atoms with van der Waals surface area (Å²) in [7, 11) is 0. The molecule has 1 fully saturated rings. The Hall–Kier alpha value is -1.91. The Morgan fingerprint density at radius 3 is 2.17 bits per heavy atom. The Morgan fingerprint density at radius 1 is 1.00 bits per heavy atom. The molecule has 1 heterocycles. The molecule has 168 valence electrons. The summed E-state index contributed by atoms with van der Waals surface area (Å²) in [5.74, 6) is -1.66. The lowest BCUT2D eigenvalue weighted by molar-refractivity contribution is -0.492. The minimum atomic E-state index is -1.16. The van der Waals surface area contributed by atoms with Gasteiger partial charge in [0, 0.05) is 26.3 Å². The van der Waals surface area contributed by atoms with Crippen molar-refractivity contribution in [3.8, 4) is 0 Å². The normalized spacial score (nSPS) is 17.6. The van der Waals surface area contributed by atoms with Gasteiger partial charge in [0.25, 0.3) is 0 Å². The molecule has 1 aliphatic heterocycles. The van der Waals surface area contributed by atoms with Gasteiger partial charge >= 0.3 is 11.9 Å². The van der Waals surface area contributed by atoms with E-state index in [1.807, 2.05) is 0 Å². The van der Waals surface area contributed by atoms with Crippen LogP contribution in [-0.4, -0.2) is 86.4 Å². The van der Waals surface area contributed by atoms with E-state index in [4.69, 9.17) is 30.3 Å². The Balaban J connectivity index is 2.35. The van der Waals surface area contributed by atoms with Gasteiger partial charge in [-0.1, -0.05) is 0 Å². The smallest absolute Gasteiger partial charge is 0.331 e. The number of nitrogens with zero attached hydrogens (tertiary/aromatic N) is 3. The van der Waals surface area contributed by atoms with Crippen molar-refractivity contribution < 1.29 is 54.4 Å². The molecule has 14 heteroatoms. The number of carbonyl (C=O) groups is 3. The van der Waals surface area contributed by atoms with E-state index < -0.39 is 35.1 Å². The maximum absolute atomic E-state index is 12.3. The van der Waals surface area contributed by atoms with Crippen LogP contribution in [-0.2, 0) is 33.5 Å². The zero-order valence-corrected chi connectivity index (χ0v) is 16.0. The van der Waals surface area contributed by atoms with Crippen LogP contribution in [0.2, 0.25) is 0 Å². The molecule has 0 spiro atoms. The largest absolute Gasteiger partial charge is 0.425 e. The van der Waals surface area contributed by atoms with Crippen LogP contribution in [0.3, 0.4) is 0 Å². The topological polar surface area (TPSA) is 179 Å². The first-order valence-corrected chi connectivity index (χ1v) is 9.01. The Kier molecular flexibility index (Phi) is 11.6. The van der Waals surface area contributed by atoms with Crippen LogP contribution in [0.15, 0.2) is 0 Å². The van der Waals surface area contributed by atoms with Crippen LogP contribution >= 0.6 is 0 Å². The number of esters is 2. The van der Waals surface area contributed by atoms with E-state index in [0.717, 1.165) is 0 Å². The van der Waals surface area contributed by atoms with Gasteiger partial charge in [-0.05, 0) is 25.7 Å². The first kappa shape index (κ1) is 25.1. The molecule has 4 N–H and O–H groups in total. The molecular weight excluding hydrogens is 398 g/mol. The second kappa shape index (κ2) is 13.3. The third-order valence-electron chi connectivity index (χ3n) is 3.90. The molecule has 1 saturated heterocycles. The summed E-state index contributed by atoms with van der Waals surface area (Å²) in [6.07, 6.45) is 0.193. The van der Waals surface area contributed by atoms with Crippen molar-refractivity contribution in [2.45, 2.75) is 57.8 Å². The molecule has 1 amide bonds. The molecule has 1 rings (SSSR count). The molecule has 0 aromatic rings. The summed E-state index contributed by atoms with van der Waals surface area (Å²) < 4.78 is 10.0. The molecule has 0 aromatic heterocycles. The van der Waals surface area contributed by atoms with Crippen LogP contribution in [0.1, 0.15) is 45.4 Å². The summed E-state index contributed by atoms with van der Waals surface area (Å²) >= 11 is 0. The number of rotatable bonds is 13. The fraction of sp³-hybridized carbons (Fsp3) is 0.800. The van der Waals surface area contributed by atoms with Gasteiger partial charge in [-0.3, -0.25) is 40.1 Å². The molecule has 0 aromatic carbocycles. The third-order valence-corrected chi connectivity index (χ3v) is 3.90. The average molecular weight is 425 g/mol. The van der Waals surface area contributed by atoms with Gasteiger partial charge in [0.1, 0.15) is 6.04 Å². The molecule has 0 saturated carbocycles.